The van der Waals surface area contributed by atoms with Gasteiger partial charge in [0.2, 0.25) is 5.95 Å². The van der Waals surface area contributed by atoms with E-state index in [2.05, 4.69) is 34.2 Å². The zero-order valence-electron chi connectivity index (χ0n) is 10.1. The molecule has 0 aromatic carbocycles. The Bertz CT molecular complexity index is 336. The normalized spacial score (nSPS) is 14.9. The van der Waals surface area contributed by atoms with Crippen molar-refractivity contribution in [3.05, 3.63) is 12.3 Å². The van der Waals surface area contributed by atoms with Crippen LogP contribution in [0.5, 0.6) is 0 Å². The molecule has 0 atom stereocenters. The maximum Gasteiger partial charge on any atom is 0.224 e. The minimum Gasteiger partial charge on any atom is -0.359 e. The molecule has 4 nitrogen and oxygen atoms in total. The fourth-order valence-electron chi connectivity index (χ4n) is 1.66. The molecule has 0 aliphatic heterocycles. The van der Waals surface area contributed by atoms with Crippen molar-refractivity contribution in [2.24, 2.45) is 5.92 Å². The van der Waals surface area contributed by atoms with Gasteiger partial charge in [0.1, 0.15) is 5.82 Å². The van der Waals surface area contributed by atoms with Crippen molar-refractivity contribution < 1.29 is 0 Å². The summed E-state index contributed by atoms with van der Waals surface area (Å²) in [5.41, 5.74) is 0. The van der Waals surface area contributed by atoms with Crippen LogP contribution in [0.1, 0.15) is 26.2 Å². The Labute approximate surface area is 97.1 Å². The van der Waals surface area contributed by atoms with Gasteiger partial charge < -0.3 is 10.2 Å². The third-order valence-electron chi connectivity index (χ3n) is 2.79. The molecular formula is C12H20N4. The van der Waals surface area contributed by atoms with E-state index in [0.29, 0.717) is 0 Å². The summed E-state index contributed by atoms with van der Waals surface area (Å²) in [5.74, 6) is 2.63. The van der Waals surface area contributed by atoms with Crippen LogP contribution in [0.3, 0.4) is 0 Å². The van der Waals surface area contributed by atoms with E-state index in [1.165, 1.54) is 12.8 Å². The number of anilines is 2. The SMILES string of the molecule is CCCNc1nccc(N(C)CC2CC2)n1. The zero-order valence-corrected chi connectivity index (χ0v) is 10.1. The number of rotatable bonds is 6. The van der Waals surface area contributed by atoms with Crippen molar-refractivity contribution in [2.75, 3.05) is 30.4 Å². The smallest absolute Gasteiger partial charge is 0.224 e. The second-order valence-corrected chi connectivity index (χ2v) is 4.49. The first-order valence-electron chi connectivity index (χ1n) is 6.07. The van der Waals surface area contributed by atoms with Gasteiger partial charge >= 0.3 is 0 Å². The molecule has 16 heavy (non-hydrogen) atoms. The lowest BCUT2D eigenvalue weighted by Gasteiger charge is -2.18. The summed E-state index contributed by atoms with van der Waals surface area (Å²) in [6.45, 7) is 4.18. The minimum absolute atomic E-state index is 0.738. The number of nitrogens with zero attached hydrogens (tertiary/aromatic N) is 3. The van der Waals surface area contributed by atoms with Crippen molar-refractivity contribution in [1.29, 1.82) is 0 Å². The molecule has 0 amide bonds. The van der Waals surface area contributed by atoms with E-state index < -0.39 is 0 Å². The number of aromatic nitrogens is 2. The van der Waals surface area contributed by atoms with Crippen molar-refractivity contribution in [1.82, 2.24) is 9.97 Å². The van der Waals surface area contributed by atoms with Crippen LogP contribution in [-0.2, 0) is 0 Å². The molecule has 1 aliphatic rings. The summed E-state index contributed by atoms with van der Waals surface area (Å²) in [5, 5.41) is 3.21. The third kappa shape index (κ3) is 3.08. The summed E-state index contributed by atoms with van der Waals surface area (Å²) < 4.78 is 0. The third-order valence-corrected chi connectivity index (χ3v) is 2.79. The Morgan fingerprint density at radius 2 is 2.31 bits per heavy atom. The predicted molar refractivity (Wildman–Crippen MR) is 66.8 cm³/mol. The van der Waals surface area contributed by atoms with Crippen LogP contribution >= 0.6 is 0 Å². The zero-order chi connectivity index (χ0) is 11.4. The Kier molecular flexibility index (Phi) is 3.59. The lowest BCUT2D eigenvalue weighted by molar-refractivity contribution is 0.775. The predicted octanol–water partition coefficient (Wildman–Crippen LogP) is 2.14. The fraction of sp³-hybridized carbons (Fsp3) is 0.667. The molecule has 1 aliphatic carbocycles. The molecule has 2 rings (SSSR count). The van der Waals surface area contributed by atoms with Crippen LogP contribution in [0.4, 0.5) is 11.8 Å². The highest BCUT2D eigenvalue weighted by Gasteiger charge is 2.23. The highest BCUT2D eigenvalue weighted by molar-refractivity contribution is 5.41. The van der Waals surface area contributed by atoms with E-state index in [-0.39, 0.29) is 0 Å². The van der Waals surface area contributed by atoms with Gasteiger partial charge in [-0.1, -0.05) is 6.92 Å². The van der Waals surface area contributed by atoms with Crippen molar-refractivity contribution in [3.8, 4) is 0 Å². The Morgan fingerprint density at radius 3 is 3.00 bits per heavy atom. The number of hydrogen-bond acceptors (Lipinski definition) is 4. The standard InChI is InChI=1S/C12H20N4/c1-3-7-13-12-14-8-6-11(15-12)16(2)9-10-4-5-10/h6,8,10H,3-5,7,9H2,1-2H3,(H,13,14,15). The van der Waals surface area contributed by atoms with Gasteiger partial charge in [-0.3, -0.25) is 0 Å². The lowest BCUT2D eigenvalue weighted by Crippen LogP contribution is -2.21. The maximum atomic E-state index is 4.49. The Morgan fingerprint density at radius 1 is 1.50 bits per heavy atom. The highest BCUT2D eigenvalue weighted by atomic mass is 15.2. The second-order valence-electron chi connectivity index (χ2n) is 4.49. The molecule has 0 radical (unpaired) electrons. The van der Waals surface area contributed by atoms with Crippen molar-refractivity contribution in [2.45, 2.75) is 26.2 Å². The van der Waals surface area contributed by atoms with E-state index in [1.807, 2.05) is 12.3 Å². The molecule has 1 N–H and O–H groups in total. The quantitative estimate of drug-likeness (QED) is 0.797. The first kappa shape index (κ1) is 11.2. The number of hydrogen-bond donors (Lipinski definition) is 1. The Hall–Kier alpha value is -1.32. The largest absolute Gasteiger partial charge is 0.359 e. The topological polar surface area (TPSA) is 41.1 Å². The molecule has 88 valence electrons. The van der Waals surface area contributed by atoms with E-state index in [9.17, 15) is 0 Å². The van der Waals surface area contributed by atoms with E-state index in [1.54, 1.807) is 0 Å². The van der Waals surface area contributed by atoms with Crippen LogP contribution in [-0.4, -0.2) is 30.1 Å². The first-order chi connectivity index (χ1) is 7.79. The molecule has 4 heteroatoms. The molecule has 0 saturated heterocycles. The summed E-state index contributed by atoms with van der Waals surface area (Å²) in [4.78, 5) is 10.9. The lowest BCUT2D eigenvalue weighted by atomic mass is 10.4. The average molecular weight is 220 g/mol. The van der Waals surface area contributed by atoms with E-state index >= 15 is 0 Å². The molecule has 1 aromatic rings. The van der Waals surface area contributed by atoms with Crippen molar-refractivity contribution >= 4 is 11.8 Å². The van der Waals surface area contributed by atoms with Gasteiger partial charge in [0.25, 0.3) is 0 Å². The van der Waals surface area contributed by atoms with Gasteiger partial charge in [-0.25, -0.2) is 4.98 Å². The van der Waals surface area contributed by atoms with Gasteiger partial charge in [-0.2, -0.15) is 4.98 Å². The van der Waals surface area contributed by atoms with Crippen molar-refractivity contribution in [3.63, 3.8) is 0 Å². The van der Waals surface area contributed by atoms with Crippen LogP contribution < -0.4 is 10.2 Å². The summed E-state index contributed by atoms with van der Waals surface area (Å²) >= 11 is 0. The van der Waals surface area contributed by atoms with Gasteiger partial charge in [-0.15, -0.1) is 0 Å². The van der Waals surface area contributed by atoms with Crippen LogP contribution in [0.2, 0.25) is 0 Å². The minimum atomic E-state index is 0.738. The van der Waals surface area contributed by atoms with Gasteiger partial charge in [0.15, 0.2) is 0 Å². The molecule has 1 saturated carbocycles. The van der Waals surface area contributed by atoms with Crippen LogP contribution in [0.15, 0.2) is 12.3 Å². The maximum absolute atomic E-state index is 4.49. The second kappa shape index (κ2) is 5.14. The molecule has 0 spiro atoms. The van der Waals surface area contributed by atoms with Gasteiger partial charge in [-0.05, 0) is 31.2 Å². The van der Waals surface area contributed by atoms with Gasteiger partial charge in [0, 0.05) is 26.3 Å². The molecule has 0 bridgehead atoms. The Balaban J connectivity index is 1.96. The van der Waals surface area contributed by atoms with Gasteiger partial charge in [0.05, 0.1) is 0 Å². The first-order valence-corrected chi connectivity index (χ1v) is 6.07. The summed E-state index contributed by atoms with van der Waals surface area (Å²) in [6.07, 6.45) is 5.65. The molecule has 1 fully saturated rings. The molecule has 0 unspecified atom stereocenters. The summed E-state index contributed by atoms with van der Waals surface area (Å²) in [7, 11) is 2.10. The molecular weight excluding hydrogens is 200 g/mol. The fourth-order valence-corrected chi connectivity index (χ4v) is 1.66. The summed E-state index contributed by atoms with van der Waals surface area (Å²) in [6, 6.07) is 1.97. The molecule has 1 heterocycles. The van der Waals surface area contributed by atoms with Crippen LogP contribution in [0, 0.1) is 5.92 Å². The van der Waals surface area contributed by atoms with E-state index in [4.69, 9.17) is 0 Å². The molecule has 1 aromatic heterocycles. The number of nitrogens with one attached hydrogen (secondary N) is 1. The van der Waals surface area contributed by atoms with Crippen LogP contribution in [0.25, 0.3) is 0 Å². The highest BCUT2D eigenvalue weighted by Crippen LogP contribution is 2.30. The average Bonchev–Trinajstić information content (AvgIpc) is 3.10. The monoisotopic (exact) mass is 220 g/mol. The van der Waals surface area contributed by atoms with E-state index in [0.717, 1.165) is 37.2 Å².